The Bertz CT molecular complexity index is 570. The van der Waals surface area contributed by atoms with Crippen LogP contribution in [0.15, 0.2) is 42.6 Å². The minimum absolute atomic E-state index is 0.112. The highest BCUT2D eigenvalue weighted by Crippen LogP contribution is 2.27. The van der Waals surface area contributed by atoms with Crippen molar-refractivity contribution in [2.24, 2.45) is 0 Å². The van der Waals surface area contributed by atoms with Gasteiger partial charge < -0.3 is 5.32 Å². The molecule has 0 radical (unpaired) electrons. The van der Waals surface area contributed by atoms with Gasteiger partial charge in [-0.1, -0.05) is 18.2 Å². The van der Waals surface area contributed by atoms with Crippen molar-refractivity contribution in [1.82, 2.24) is 4.98 Å². The molecule has 0 aliphatic carbocycles. The van der Waals surface area contributed by atoms with Crippen molar-refractivity contribution >= 4 is 11.4 Å². The van der Waals surface area contributed by atoms with E-state index in [2.05, 4.69) is 10.3 Å². The van der Waals surface area contributed by atoms with E-state index >= 15 is 0 Å². The molecule has 0 saturated carbocycles. The predicted molar refractivity (Wildman–Crippen MR) is 74.3 cm³/mol. The zero-order valence-corrected chi connectivity index (χ0v) is 10.7. The van der Waals surface area contributed by atoms with E-state index in [-0.39, 0.29) is 10.6 Å². The van der Waals surface area contributed by atoms with Gasteiger partial charge in [-0.25, -0.2) is 0 Å². The minimum atomic E-state index is -0.365. The minimum Gasteiger partial charge on any atom is -0.379 e. The van der Waals surface area contributed by atoms with Crippen molar-refractivity contribution in [3.63, 3.8) is 0 Å². The fraction of sp³-hybridized carbons (Fsp3) is 0.214. The van der Waals surface area contributed by atoms with Gasteiger partial charge in [0.25, 0.3) is 5.69 Å². The molecular formula is C14H15N3O2. The van der Waals surface area contributed by atoms with E-state index in [4.69, 9.17) is 0 Å². The summed E-state index contributed by atoms with van der Waals surface area (Å²) in [7, 11) is 0. The Kier molecular flexibility index (Phi) is 4.07. The molecule has 0 spiro atoms. The van der Waals surface area contributed by atoms with E-state index in [1.165, 1.54) is 6.07 Å². The quantitative estimate of drug-likeness (QED) is 0.660. The van der Waals surface area contributed by atoms with Gasteiger partial charge in [0.1, 0.15) is 5.69 Å². The molecule has 0 bridgehead atoms. The molecule has 98 valence electrons. The number of nitrogens with zero attached hydrogens (tertiary/aromatic N) is 2. The maximum atomic E-state index is 11.0. The Balaban J connectivity index is 2.05. The number of aryl methyl sites for hydroxylation is 1. The molecule has 1 aromatic heterocycles. The lowest BCUT2D eigenvalue weighted by molar-refractivity contribution is -0.384. The Morgan fingerprint density at radius 1 is 1.26 bits per heavy atom. The first-order chi connectivity index (χ1) is 9.18. The monoisotopic (exact) mass is 257 g/mol. The zero-order valence-electron chi connectivity index (χ0n) is 10.7. The number of hydrogen-bond donors (Lipinski definition) is 1. The summed E-state index contributed by atoms with van der Waals surface area (Å²) in [5.74, 6) is 0. The van der Waals surface area contributed by atoms with Crippen LogP contribution in [0.3, 0.4) is 0 Å². The van der Waals surface area contributed by atoms with Gasteiger partial charge in [0.15, 0.2) is 0 Å². The summed E-state index contributed by atoms with van der Waals surface area (Å²) in [4.78, 5) is 14.8. The lowest BCUT2D eigenvalue weighted by atomic mass is 10.1. The summed E-state index contributed by atoms with van der Waals surface area (Å²) >= 11 is 0. The van der Waals surface area contributed by atoms with Crippen LogP contribution in [-0.4, -0.2) is 16.5 Å². The predicted octanol–water partition coefficient (Wildman–Crippen LogP) is 2.95. The first-order valence-corrected chi connectivity index (χ1v) is 6.06. The SMILES string of the molecule is Cc1cccc([N+](=O)[O-])c1NCCc1ccccn1. The molecule has 2 rings (SSSR count). The number of nitro groups is 1. The van der Waals surface area contributed by atoms with Crippen LogP contribution in [0.25, 0.3) is 0 Å². The second-order valence-corrected chi connectivity index (χ2v) is 4.22. The van der Waals surface area contributed by atoms with E-state index in [1.807, 2.05) is 31.2 Å². The zero-order chi connectivity index (χ0) is 13.7. The molecule has 1 aromatic carbocycles. The standard InChI is InChI=1S/C14H15N3O2/c1-11-5-4-7-13(17(18)19)14(11)16-10-8-12-6-2-3-9-15-12/h2-7,9,16H,8,10H2,1H3. The van der Waals surface area contributed by atoms with Gasteiger partial charge in [-0.05, 0) is 24.6 Å². The molecule has 2 aromatic rings. The maximum absolute atomic E-state index is 11.0. The van der Waals surface area contributed by atoms with Gasteiger partial charge in [-0.3, -0.25) is 15.1 Å². The molecule has 1 N–H and O–H groups in total. The largest absolute Gasteiger partial charge is 0.379 e. The van der Waals surface area contributed by atoms with Gasteiger partial charge in [0.2, 0.25) is 0 Å². The van der Waals surface area contributed by atoms with E-state index in [1.54, 1.807) is 12.3 Å². The van der Waals surface area contributed by atoms with Crippen LogP contribution in [0, 0.1) is 17.0 Å². The van der Waals surface area contributed by atoms with Crippen LogP contribution in [-0.2, 0) is 6.42 Å². The van der Waals surface area contributed by atoms with Crippen LogP contribution >= 0.6 is 0 Å². The van der Waals surface area contributed by atoms with Crippen LogP contribution in [0.5, 0.6) is 0 Å². The summed E-state index contributed by atoms with van der Waals surface area (Å²) in [5, 5.41) is 14.1. The van der Waals surface area contributed by atoms with Crippen molar-refractivity contribution < 1.29 is 4.92 Å². The molecule has 0 unspecified atom stereocenters. The van der Waals surface area contributed by atoms with Crippen molar-refractivity contribution in [2.75, 3.05) is 11.9 Å². The van der Waals surface area contributed by atoms with Crippen molar-refractivity contribution in [2.45, 2.75) is 13.3 Å². The average molecular weight is 257 g/mol. The molecule has 5 heteroatoms. The number of anilines is 1. The van der Waals surface area contributed by atoms with Gasteiger partial charge in [-0.15, -0.1) is 0 Å². The third-order valence-corrected chi connectivity index (χ3v) is 2.86. The molecule has 0 aliphatic heterocycles. The highest BCUT2D eigenvalue weighted by atomic mass is 16.6. The van der Waals surface area contributed by atoms with Gasteiger partial charge in [0, 0.05) is 30.9 Å². The average Bonchev–Trinajstić information content (AvgIpc) is 2.41. The van der Waals surface area contributed by atoms with E-state index in [0.717, 1.165) is 17.7 Å². The van der Waals surface area contributed by atoms with Crippen molar-refractivity contribution in [3.05, 3.63) is 64.0 Å². The lowest BCUT2D eigenvalue weighted by Gasteiger charge is -2.09. The summed E-state index contributed by atoms with van der Waals surface area (Å²) < 4.78 is 0. The van der Waals surface area contributed by atoms with Gasteiger partial charge in [0.05, 0.1) is 4.92 Å². The number of benzene rings is 1. The van der Waals surface area contributed by atoms with E-state index in [9.17, 15) is 10.1 Å². The first-order valence-electron chi connectivity index (χ1n) is 6.06. The van der Waals surface area contributed by atoms with Crippen LogP contribution < -0.4 is 5.32 Å². The Labute approximate surface area is 111 Å². The first kappa shape index (κ1) is 13.0. The van der Waals surface area contributed by atoms with Crippen LogP contribution in [0.1, 0.15) is 11.3 Å². The maximum Gasteiger partial charge on any atom is 0.292 e. The third kappa shape index (κ3) is 3.28. The second kappa shape index (κ2) is 5.95. The van der Waals surface area contributed by atoms with Crippen molar-refractivity contribution in [1.29, 1.82) is 0 Å². The Morgan fingerprint density at radius 3 is 2.79 bits per heavy atom. The molecule has 0 amide bonds. The number of aromatic nitrogens is 1. The van der Waals surface area contributed by atoms with E-state index in [0.29, 0.717) is 12.2 Å². The molecule has 0 aliphatic rings. The lowest BCUT2D eigenvalue weighted by Crippen LogP contribution is -2.08. The number of para-hydroxylation sites is 1. The molecular weight excluding hydrogens is 242 g/mol. The number of rotatable bonds is 5. The van der Waals surface area contributed by atoms with Crippen LogP contribution in [0.2, 0.25) is 0 Å². The summed E-state index contributed by atoms with van der Waals surface area (Å²) in [6.07, 6.45) is 2.47. The number of pyridine rings is 1. The highest BCUT2D eigenvalue weighted by Gasteiger charge is 2.14. The third-order valence-electron chi connectivity index (χ3n) is 2.86. The normalized spacial score (nSPS) is 10.2. The molecule has 0 atom stereocenters. The van der Waals surface area contributed by atoms with E-state index < -0.39 is 0 Å². The number of nitro benzene ring substituents is 1. The smallest absolute Gasteiger partial charge is 0.292 e. The number of hydrogen-bond acceptors (Lipinski definition) is 4. The topological polar surface area (TPSA) is 68.1 Å². The summed E-state index contributed by atoms with van der Waals surface area (Å²) in [6.45, 7) is 2.47. The Morgan fingerprint density at radius 2 is 2.11 bits per heavy atom. The molecule has 1 heterocycles. The summed E-state index contributed by atoms with van der Waals surface area (Å²) in [5.41, 5.74) is 2.53. The number of nitrogens with one attached hydrogen (secondary N) is 1. The fourth-order valence-electron chi connectivity index (χ4n) is 1.90. The molecule has 0 fully saturated rings. The fourth-order valence-corrected chi connectivity index (χ4v) is 1.90. The second-order valence-electron chi connectivity index (χ2n) is 4.22. The highest BCUT2D eigenvalue weighted by molar-refractivity contribution is 5.65. The van der Waals surface area contributed by atoms with Crippen molar-refractivity contribution in [3.8, 4) is 0 Å². The van der Waals surface area contributed by atoms with Crippen LogP contribution in [0.4, 0.5) is 11.4 Å². The van der Waals surface area contributed by atoms with Gasteiger partial charge >= 0.3 is 0 Å². The Hall–Kier alpha value is -2.43. The molecule has 5 nitrogen and oxygen atoms in total. The molecule has 19 heavy (non-hydrogen) atoms. The molecule has 0 saturated heterocycles. The summed E-state index contributed by atoms with van der Waals surface area (Å²) in [6, 6.07) is 10.8. The van der Waals surface area contributed by atoms with Gasteiger partial charge in [-0.2, -0.15) is 0 Å².